The molecule has 4 rings (SSSR count). The van der Waals surface area contributed by atoms with Crippen molar-refractivity contribution in [1.82, 2.24) is 4.31 Å². The molecule has 1 aliphatic heterocycles. The molecule has 0 radical (unpaired) electrons. The summed E-state index contributed by atoms with van der Waals surface area (Å²) in [5, 5.41) is 4.03. The number of benzene rings is 2. The van der Waals surface area contributed by atoms with Crippen molar-refractivity contribution >= 4 is 72.2 Å². The molecule has 2 heterocycles. The van der Waals surface area contributed by atoms with Crippen molar-refractivity contribution in [3.63, 3.8) is 0 Å². The Morgan fingerprint density at radius 2 is 1.94 bits per heavy atom. The Balaban J connectivity index is 1.50. The first-order valence-corrected chi connectivity index (χ1v) is 13.1. The average Bonchev–Trinajstić information content (AvgIpc) is 3.23. The molecule has 3 aromatic rings. The van der Waals surface area contributed by atoms with E-state index in [9.17, 15) is 18.0 Å². The lowest BCUT2D eigenvalue weighted by Gasteiger charge is -2.31. The molecule has 0 saturated carbocycles. The maximum Gasteiger partial charge on any atom is 0.348 e. The summed E-state index contributed by atoms with van der Waals surface area (Å²) >= 11 is 13.4. The molecule has 11 heteroatoms. The summed E-state index contributed by atoms with van der Waals surface area (Å²) in [6.45, 7) is 0.344. The van der Waals surface area contributed by atoms with E-state index in [-0.39, 0.29) is 27.4 Å². The number of anilines is 1. The molecule has 7 nitrogen and oxygen atoms in total. The molecule has 1 atom stereocenters. The van der Waals surface area contributed by atoms with Gasteiger partial charge < -0.3 is 10.1 Å². The van der Waals surface area contributed by atoms with E-state index in [1.165, 1.54) is 41.0 Å². The average molecular weight is 527 g/mol. The first-order valence-electron chi connectivity index (χ1n) is 10.1. The molecule has 0 bridgehead atoms. The topological polar surface area (TPSA) is 92.8 Å². The van der Waals surface area contributed by atoms with Crippen molar-refractivity contribution in [3.05, 3.63) is 57.4 Å². The third-order valence-electron chi connectivity index (χ3n) is 5.44. The molecule has 1 aromatic heterocycles. The highest BCUT2D eigenvalue weighted by Gasteiger charge is 2.34. The Hall–Kier alpha value is -2.17. The highest BCUT2D eigenvalue weighted by atomic mass is 35.5. The van der Waals surface area contributed by atoms with Gasteiger partial charge in [-0.05, 0) is 60.7 Å². The zero-order chi connectivity index (χ0) is 23.8. The predicted molar refractivity (Wildman–Crippen MR) is 130 cm³/mol. The lowest BCUT2D eigenvalue weighted by atomic mass is 9.98. The Morgan fingerprint density at radius 3 is 2.70 bits per heavy atom. The monoisotopic (exact) mass is 526 g/mol. The summed E-state index contributed by atoms with van der Waals surface area (Å²) < 4.78 is 33.2. The summed E-state index contributed by atoms with van der Waals surface area (Å²) in [4.78, 5) is 25.1. The number of sulfonamides is 1. The molecule has 1 N–H and O–H groups in total. The number of fused-ring (bicyclic) bond motifs is 1. The van der Waals surface area contributed by atoms with E-state index in [1.54, 1.807) is 18.2 Å². The normalized spacial score (nSPS) is 17.1. The second-order valence-corrected chi connectivity index (χ2v) is 11.5. The van der Waals surface area contributed by atoms with Crippen molar-refractivity contribution in [2.45, 2.75) is 17.7 Å². The van der Waals surface area contributed by atoms with Gasteiger partial charge in [0, 0.05) is 28.5 Å². The van der Waals surface area contributed by atoms with Crippen LogP contribution in [0.5, 0.6) is 0 Å². The molecule has 174 valence electrons. The van der Waals surface area contributed by atoms with Gasteiger partial charge in [0.15, 0.2) is 0 Å². The van der Waals surface area contributed by atoms with E-state index in [1.807, 2.05) is 6.07 Å². The minimum atomic E-state index is -3.90. The van der Waals surface area contributed by atoms with Crippen LogP contribution in [0.15, 0.2) is 47.4 Å². The van der Waals surface area contributed by atoms with Gasteiger partial charge in [0.2, 0.25) is 15.9 Å². The number of carbonyl (C=O) groups excluding carboxylic acids is 2. The Bertz CT molecular complexity index is 1340. The van der Waals surface area contributed by atoms with Crippen molar-refractivity contribution in [2.75, 3.05) is 25.5 Å². The highest BCUT2D eigenvalue weighted by molar-refractivity contribution is 7.89. The first-order chi connectivity index (χ1) is 15.7. The van der Waals surface area contributed by atoms with Crippen molar-refractivity contribution in [1.29, 1.82) is 0 Å². The molecule has 1 unspecified atom stereocenters. The minimum Gasteiger partial charge on any atom is -0.465 e. The number of esters is 1. The number of carbonyl (C=O) groups is 2. The summed E-state index contributed by atoms with van der Waals surface area (Å²) in [7, 11) is -2.57. The van der Waals surface area contributed by atoms with Crippen LogP contribution in [-0.2, 0) is 19.6 Å². The highest BCUT2D eigenvalue weighted by Crippen LogP contribution is 2.32. The Kier molecular flexibility index (Phi) is 6.97. The number of hydrogen-bond donors (Lipinski definition) is 1. The number of nitrogens with one attached hydrogen (secondary N) is 1. The molecule has 1 aliphatic rings. The number of amides is 1. The number of thiophene rings is 1. The van der Waals surface area contributed by atoms with E-state index in [0.29, 0.717) is 30.0 Å². The van der Waals surface area contributed by atoms with Crippen LogP contribution < -0.4 is 5.32 Å². The molecule has 33 heavy (non-hydrogen) atoms. The number of ether oxygens (including phenoxy) is 1. The number of nitrogens with zero attached hydrogens (tertiary/aromatic N) is 1. The standard InChI is InChI=1S/C22H20Cl2N2O5S2/c1-31-22(28)19-10-14-9-16(5-7-18(14)32-19)25-21(27)13-3-2-8-26(12-13)33(29,30)20-11-15(23)4-6-17(20)24/h4-7,9-11,13H,2-3,8,12H2,1H3,(H,25,27). The fourth-order valence-electron chi connectivity index (χ4n) is 3.76. The van der Waals surface area contributed by atoms with Crippen LogP contribution in [0.2, 0.25) is 10.0 Å². The summed E-state index contributed by atoms with van der Waals surface area (Å²) in [6, 6.07) is 11.3. The van der Waals surface area contributed by atoms with Crippen LogP contribution in [0.1, 0.15) is 22.5 Å². The van der Waals surface area contributed by atoms with Crippen molar-refractivity contribution in [2.24, 2.45) is 5.92 Å². The van der Waals surface area contributed by atoms with Gasteiger partial charge in [-0.15, -0.1) is 11.3 Å². The number of rotatable bonds is 5. The molecule has 2 aromatic carbocycles. The Morgan fingerprint density at radius 1 is 1.15 bits per heavy atom. The lowest BCUT2D eigenvalue weighted by Crippen LogP contribution is -2.43. The van der Waals surface area contributed by atoms with E-state index in [0.717, 1.165) is 10.1 Å². The quantitative estimate of drug-likeness (QED) is 0.470. The maximum absolute atomic E-state index is 13.1. The lowest BCUT2D eigenvalue weighted by molar-refractivity contribution is -0.120. The van der Waals surface area contributed by atoms with E-state index < -0.39 is 21.9 Å². The van der Waals surface area contributed by atoms with Gasteiger partial charge in [0.1, 0.15) is 9.77 Å². The summed E-state index contributed by atoms with van der Waals surface area (Å²) in [6.07, 6.45) is 1.11. The van der Waals surface area contributed by atoms with Crippen LogP contribution in [0, 0.1) is 5.92 Å². The summed E-state index contributed by atoms with van der Waals surface area (Å²) in [5.74, 6) is -1.20. The van der Waals surface area contributed by atoms with Crippen LogP contribution in [-0.4, -0.2) is 44.8 Å². The number of hydrogen-bond acceptors (Lipinski definition) is 6. The second-order valence-electron chi connectivity index (χ2n) is 7.62. The van der Waals surface area contributed by atoms with Crippen molar-refractivity contribution in [3.8, 4) is 0 Å². The molecule has 1 fully saturated rings. The van der Waals surface area contributed by atoms with E-state index >= 15 is 0 Å². The zero-order valence-electron chi connectivity index (χ0n) is 17.5. The first kappa shape index (κ1) is 24.0. The molecule has 0 spiro atoms. The van der Waals surface area contributed by atoms with Crippen LogP contribution in [0.25, 0.3) is 10.1 Å². The number of piperidine rings is 1. The molecule has 1 saturated heterocycles. The minimum absolute atomic E-state index is 0.0458. The maximum atomic E-state index is 13.1. The van der Waals surface area contributed by atoms with Gasteiger partial charge in [-0.25, -0.2) is 13.2 Å². The fourth-order valence-corrected chi connectivity index (χ4v) is 6.98. The summed E-state index contributed by atoms with van der Waals surface area (Å²) in [5.41, 5.74) is 0.569. The Labute approximate surface area is 205 Å². The van der Waals surface area contributed by atoms with Gasteiger partial charge in [-0.3, -0.25) is 4.79 Å². The molecule has 0 aliphatic carbocycles. The number of methoxy groups -OCH3 is 1. The smallest absolute Gasteiger partial charge is 0.348 e. The SMILES string of the molecule is COC(=O)c1cc2cc(NC(=O)C3CCCN(S(=O)(=O)c4cc(Cl)ccc4Cl)C3)ccc2s1. The van der Waals surface area contributed by atoms with E-state index in [2.05, 4.69) is 5.32 Å². The van der Waals surface area contributed by atoms with Gasteiger partial charge in [-0.1, -0.05) is 23.2 Å². The van der Waals surface area contributed by atoms with Crippen LogP contribution >= 0.6 is 34.5 Å². The van der Waals surface area contributed by atoms with Gasteiger partial charge in [-0.2, -0.15) is 4.31 Å². The van der Waals surface area contributed by atoms with Gasteiger partial charge in [0.05, 0.1) is 18.1 Å². The second kappa shape index (κ2) is 9.60. The number of halogens is 2. The third kappa shape index (κ3) is 5.02. The molecule has 1 amide bonds. The zero-order valence-corrected chi connectivity index (χ0v) is 20.7. The van der Waals surface area contributed by atoms with Crippen molar-refractivity contribution < 1.29 is 22.7 Å². The third-order valence-corrected chi connectivity index (χ3v) is 9.11. The predicted octanol–water partition coefficient (Wildman–Crippen LogP) is 5.03. The van der Waals surface area contributed by atoms with Gasteiger partial charge >= 0.3 is 5.97 Å². The van der Waals surface area contributed by atoms with Crippen LogP contribution in [0.4, 0.5) is 5.69 Å². The largest absolute Gasteiger partial charge is 0.465 e. The van der Waals surface area contributed by atoms with Gasteiger partial charge in [0.25, 0.3) is 0 Å². The molecular formula is C22H20Cl2N2O5S2. The molecular weight excluding hydrogens is 507 g/mol. The van der Waals surface area contributed by atoms with E-state index in [4.69, 9.17) is 27.9 Å². The fraction of sp³-hybridized carbons (Fsp3) is 0.273. The van der Waals surface area contributed by atoms with Crippen LogP contribution in [0.3, 0.4) is 0 Å².